The number of nitrogens with two attached hydrogens (primary N) is 1. The predicted molar refractivity (Wildman–Crippen MR) is 138 cm³/mol. The Labute approximate surface area is 209 Å². The fourth-order valence-electron chi connectivity index (χ4n) is 5.13. The van der Waals surface area contributed by atoms with Crippen LogP contribution in [0.5, 0.6) is 0 Å². The van der Waals surface area contributed by atoms with Crippen LogP contribution in [0.1, 0.15) is 57.2 Å². The molecule has 2 unspecified atom stereocenters. The summed E-state index contributed by atoms with van der Waals surface area (Å²) in [5, 5.41) is 0.721. The Hall–Kier alpha value is -2.37. The van der Waals surface area contributed by atoms with E-state index in [0.29, 0.717) is 31.8 Å². The molecule has 2 aromatic carbocycles. The smallest absolute Gasteiger partial charge is 0.226 e. The van der Waals surface area contributed by atoms with Gasteiger partial charge in [0, 0.05) is 43.0 Å². The summed E-state index contributed by atoms with van der Waals surface area (Å²) in [4.78, 5) is 30.2. The van der Waals surface area contributed by atoms with Crippen molar-refractivity contribution in [3.8, 4) is 0 Å². The number of rotatable bonds is 10. The predicted octanol–water partition coefficient (Wildman–Crippen LogP) is 5.14. The Balaban J connectivity index is 1.77. The highest BCUT2D eigenvalue weighted by Crippen LogP contribution is 2.32. The summed E-state index contributed by atoms with van der Waals surface area (Å²) in [7, 11) is 0. The molecule has 3 atom stereocenters. The fourth-order valence-corrected chi connectivity index (χ4v) is 5.25. The molecule has 3 rings (SSSR count). The number of benzene rings is 2. The lowest BCUT2D eigenvalue weighted by molar-refractivity contribution is -0.143. The summed E-state index contributed by atoms with van der Waals surface area (Å²) in [6.45, 7) is 9.03. The molecule has 0 aliphatic carbocycles. The van der Waals surface area contributed by atoms with Gasteiger partial charge in [-0.3, -0.25) is 14.5 Å². The molecule has 5 nitrogen and oxygen atoms in total. The Morgan fingerprint density at radius 1 is 0.912 bits per heavy atom. The molecule has 1 saturated heterocycles. The molecule has 0 bridgehead atoms. The van der Waals surface area contributed by atoms with E-state index in [1.807, 2.05) is 30.0 Å². The second-order valence-corrected chi connectivity index (χ2v) is 10.2. The van der Waals surface area contributed by atoms with Gasteiger partial charge >= 0.3 is 0 Å². The number of amides is 2. The van der Waals surface area contributed by atoms with E-state index in [-0.39, 0.29) is 23.8 Å². The van der Waals surface area contributed by atoms with E-state index in [1.54, 1.807) is 0 Å². The summed E-state index contributed by atoms with van der Waals surface area (Å²) >= 11 is 6.15. The van der Waals surface area contributed by atoms with Crippen LogP contribution in [-0.4, -0.2) is 47.8 Å². The summed E-state index contributed by atoms with van der Waals surface area (Å²) in [5.74, 6) is -0.699. The number of hydrogen-bond acceptors (Lipinski definition) is 3. The maximum Gasteiger partial charge on any atom is 0.226 e. The number of piperazine rings is 1. The normalized spacial score (nSPS) is 17.4. The van der Waals surface area contributed by atoms with E-state index in [0.717, 1.165) is 24.5 Å². The lowest BCUT2D eigenvalue weighted by Crippen LogP contribution is -2.53. The Morgan fingerprint density at radius 2 is 1.50 bits per heavy atom. The molecule has 2 N–H and O–H groups in total. The molecule has 0 spiro atoms. The van der Waals surface area contributed by atoms with Crippen LogP contribution in [0, 0.1) is 17.8 Å². The largest absolute Gasteiger partial charge is 0.369 e. The molecule has 1 fully saturated rings. The Kier molecular flexibility index (Phi) is 9.54. The minimum Gasteiger partial charge on any atom is -0.369 e. The third kappa shape index (κ3) is 6.61. The van der Waals surface area contributed by atoms with Crippen LogP contribution in [-0.2, 0) is 9.59 Å². The number of carbonyl (C=O) groups excluding carboxylic acids is 2. The van der Waals surface area contributed by atoms with Gasteiger partial charge in [0.15, 0.2) is 0 Å². The number of hydrogen-bond donors (Lipinski definition) is 1. The van der Waals surface area contributed by atoms with Crippen molar-refractivity contribution in [2.24, 2.45) is 23.5 Å². The Morgan fingerprint density at radius 3 is 2.03 bits per heavy atom. The van der Waals surface area contributed by atoms with Crippen molar-refractivity contribution in [2.45, 2.75) is 46.1 Å². The minimum atomic E-state index is -0.399. The number of carbonyl (C=O) groups is 2. The van der Waals surface area contributed by atoms with Gasteiger partial charge in [0.1, 0.15) is 0 Å². The van der Waals surface area contributed by atoms with Crippen LogP contribution in [0.25, 0.3) is 0 Å². The molecule has 1 aliphatic rings. The summed E-state index contributed by atoms with van der Waals surface area (Å²) in [6, 6.07) is 18.6. The zero-order valence-electron chi connectivity index (χ0n) is 20.6. The topological polar surface area (TPSA) is 66.6 Å². The summed E-state index contributed by atoms with van der Waals surface area (Å²) in [6.07, 6.45) is 2.18. The molecule has 0 saturated carbocycles. The highest BCUT2D eigenvalue weighted by Gasteiger charge is 2.37. The van der Waals surface area contributed by atoms with Crippen molar-refractivity contribution in [3.05, 3.63) is 70.7 Å². The van der Waals surface area contributed by atoms with Gasteiger partial charge in [0.05, 0.1) is 6.04 Å². The van der Waals surface area contributed by atoms with E-state index in [1.165, 1.54) is 11.1 Å². The SMILES string of the molecule is CCCC(C(N)=O)C(CC(C)C)C(=O)N1CCN([C@H](c2ccccc2)c2ccc(Cl)cc2)CC1. The fraction of sp³-hybridized carbons (Fsp3) is 0.500. The minimum absolute atomic E-state index is 0.0772. The van der Waals surface area contributed by atoms with Crippen molar-refractivity contribution < 1.29 is 9.59 Å². The van der Waals surface area contributed by atoms with E-state index in [9.17, 15) is 9.59 Å². The highest BCUT2D eigenvalue weighted by molar-refractivity contribution is 6.30. The molecular weight excluding hydrogens is 446 g/mol. The first-order valence-electron chi connectivity index (χ1n) is 12.4. The molecule has 0 aromatic heterocycles. The van der Waals surface area contributed by atoms with Crippen LogP contribution < -0.4 is 5.73 Å². The van der Waals surface area contributed by atoms with Gasteiger partial charge in [0.25, 0.3) is 0 Å². The number of primary amides is 1. The quantitative estimate of drug-likeness (QED) is 0.509. The molecule has 1 heterocycles. The molecule has 1 aliphatic heterocycles. The molecule has 2 aromatic rings. The van der Waals surface area contributed by atoms with Gasteiger partial charge in [-0.25, -0.2) is 0 Å². The van der Waals surface area contributed by atoms with Gasteiger partial charge in [0.2, 0.25) is 11.8 Å². The zero-order valence-corrected chi connectivity index (χ0v) is 21.4. The number of halogens is 1. The first kappa shape index (κ1) is 26.2. The second-order valence-electron chi connectivity index (χ2n) is 9.76. The zero-order chi connectivity index (χ0) is 24.7. The molecule has 184 valence electrons. The van der Waals surface area contributed by atoms with Crippen molar-refractivity contribution in [3.63, 3.8) is 0 Å². The second kappa shape index (κ2) is 12.4. The van der Waals surface area contributed by atoms with E-state index in [2.05, 4.69) is 55.1 Å². The van der Waals surface area contributed by atoms with Crippen molar-refractivity contribution >= 4 is 23.4 Å². The summed E-state index contributed by atoms with van der Waals surface area (Å²) < 4.78 is 0. The summed E-state index contributed by atoms with van der Waals surface area (Å²) in [5.41, 5.74) is 8.15. The van der Waals surface area contributed by atoms with Gasteiger partial charge in [-0.1, -0.05) is 81.3 Å². The van der Waals surface area contributed by atoms with Gasteiger partial charge in [-0.2, -0.15) is 0 Å². The van der Waals surface area contributed by atoms with E-state index >= 15 is 0 Å². The molecule has 2 amide bonds. The van der Waals surface area contributed by atoms with Crippen molar-refractivity contribution in [2.75, 3.05) is 26.2 Å². The Bertz CT molecular complexity index is 924. The van der Waals surface area contributed by atoms with Crippen LogP contribution in [0.3, 0.4) is 0 Å². The van der Waals surface area contributed by atoms with Crippen LogP contribution >= 0.6 is 11.6 Å². The van der Waals surface area contributed by atoms with Gasteiger partial charge in [-0.05, 0) is 42.0 Å². The molecular formula is C28H38ClN3O2. The van der Waals surface area contributed by atoms with E-state index in [4.69, 9.17) is 17.3 Å². The maximum atomic E-state index is 13.6. The van der Waals surface area contributed by atoms with Crippen LogP contribution in [0.15, 0.2) is 54.6 Å². The number of nitrogens with zero attached hydrogens (tertiary/aromatic N) is 2. The van der Waals surface area contributed by atoms with E-state index < -0.39 is 5.92 Å². The third-order valence-corrected chi connectivity index (χ3v) is 7.04. The standard InChI is InChI=1S/C28H38ClN3O2/c1-4-8-24(27(30)33)25(19-20(2)3)28(34)32-17-15-31(16-18-32)26(21-9-6-5-7-10-21)22-11-13-23(29)14-12-22/h5-7,9-14,20,24-26H,4,8,15-19H2,1-3H3,(H2,30,33)/t24?,25?,26-/m1/s1. The average Bonchev–Trinajstić information content (AvgIpc) is 2.83. The first-order chi connectivity index (χ1) is 16.3. The third-order valence-electron chi connectivity index (χ3n) is 6.79. The lowest BCUT2D eigenvalue weighted by Gasteiger charge is -2.41. The van der Waals surface area contributed by atoms with Crippen molar-refractivity contribution in [1.82, 2.24) is 9.80 Å². The monoisotopic (exact) mass is 483 g/mol. The average molecular weight is 484 g/mol. The van der Waals surface area contributed by atoms with Crippen LogP contribution in [0.4, 0.5) is 0 Å². The first-order valence-corrected chi connectivity index (χ1v) is 12.8. The highest BCUT2D eigenvalue weighted by atomic mass is 35.5. The lowest BCUT2D eigenvalue weighted by atomic mass is 9.81. The van der Waals surface area contributed by atoms with Crippen LogP contribution in [0.2, 0.25) is 5.02 Å². The van der Waals surface area contributed by atoms with Gasteiger partial charge in [-0.15, -0.1) is 0 Å². The van der Waals surface area contributed by atoms with Crippen molar-refractivity contribution in [1.29, 1.82) is 0 Å². The molecule has 0 radical (unpaired) electrons. The van der Waals surface area contributed by atoms with Gasteiger partial charge < -0.3 is 10.6 Å². The molecule has 6 heteroatoms. The maximum absolute atomic E-state index is 13.6. The molecule has 34 heavy (non-hydrogen) atoms.